The molecule has 4 rings (SSSR count). The number of anilines is 1. The van der Waals surface area contributed by atoms with Crippen molar-refractivity contribution < 1.29 is 4.74 Å². The second-order valence-electron chi connectivity index (χ2n) is 6.43. The van der Waals surface area contributed by atoms with Gasteiger partial charge in [0.15, 0.2) is 5.13 Å². The summed E-state index contributed by atoms with van der Waals surface area (Å²) in [6.07, 6.45) is 2.36. The molecule has 0 saturated carbocycles. The molecule has 0 N–H and O–H groups in total. The van der Waals surface area contributed by atoms with E-state index < -0.39 is 0 Å². The molecule has 0 radical (unpaired) electrons. The molecular formula is C17H22ClN3OS. The summed E-state index contributed by atoms with van der Waals surface area (Å²) in [5.74, 6) is 0. The number of aryl methyl sites for hydroxylation is 1. The number of hydrogen-bond donors (Lipinski definition) is 0. The number of halogens is 1. The summed E-state index contributed by atoms with van der Waals surface area (Å²) in [7, 11) is 0. The lowest BCUT2D eigenvalue weighted by molar-refractivity contribution is 0.0321. The summed E-state index contributed by atoms with van der Waals surface area (Å²) in [6, 6.07) is 4.74. The quantitative estimate of drug-likeness (QED) is 0.827. The highest BCUT2D eigenvalue weighted by atomic mass is 35.5. The standard InChI is InChI=1S/C17H22ClN3OS/c1-12-10-13(18)11-15-16(12)19-17(23-15)21-6-4-20(5-7-21)14-2-8-22-9-3-14/h10-11,14H,2-9H2,1H3. The maximum Gasteiger partial charge on any atom is 0.186 e. The fraction of sp³-hybridized carbons (Fsp3) is 0.588. The molecule has 0 bridgehead atoms. The molecule has 23 heavy (non-hydrogen) atoms. The van der Waals surface area contributed by atoms with Gasteiger partial charge in [-0.05, 0) is 37.5 Å². The molecular weight excluding hydrogens is 330 g/mol. The molecule has 0 spiro atoms. The van der Waals surface area contributed by atoms with Crippen molar-refractivity contribution in [2.45, 2.75) is 25.8 Å². The summed E-state index contributed by atoms with van der Waals surface area (Å²) in [5.41, 5.74) is 2.26. The molecule has 124 valence electrons. The highest BCUT2D eigenvalue weighted by molar-refractivity contribution is 7.22. The Hall–Kier alpha value is -0.880. The van der Waals surface area contributed by atoms with Crippen LogP contribution in [0.3, 0.4) is 0 Å². The molecule has 2 aliphatic heterocycles. The van der Waals surface area contributed by atoms with Gasteiger partial charge in [0.2, 0.25) is 0 Å². The molecule has 0 amide bonds. The van der Waals surface area contributed by atoms with Crippen LogP contribution in [0.4, 0.5) is 5.13 Å². The number of thiazole rings is 1. The Bertz CT molecular complexity index is 690. The van der Waals surface area contributed by atoms with Crippen LogP contribution >= 0.6 is 22.9 Å². The Morgan fingerprint density at radius 3 is 2.65 bits per heavy atom. The third kappa shape index (κ3) is 3.20. The van der Waals surface area contributed by atoms with E-state index in [-0.39, 0.29) is 0 Å². The first-order valence-corrected chi connectivity index (χ1v) is 9.53. The minimum Gasteiger partial charge on any atom is -0.381 e. The van der Waals surface area contributed by atoms with Crippen LogP contribution in [0.5, 0.6) is 0 Å². The van der Waals surface area contributed by atoms with Crippen molar-refractivity contribution in [1.29, 1.82) is 0 Å². The minimum absolute atomic E-state index is 0.710. The fourth-order valence-electron chi connectivity index (χ4n) is 3.61. The second-order valence-corrected chi connectivity index (χ2v) is 7.88. The Balaban J connectivity index is 1.46. The molecule has 0 atom stereocenters. The number of rotatable bonds is 2. The third-order valence-corrected chi connectivity index (χ3v) is 6.21. The van der Waals surface area contributed by atoms with Gasteiger partial charge >= 0.3 is 0 Å². The molecule has 2 aromatic rings. The number of benzene rings is 1. The SMILES string of the molecule is Cc1cc(Cl)cc2sc(N3CCN(C4CCOCC4)CC3)nc12. The largest absolute Gasteiger partial charge is 0.381 e. The summed E-state index contributed by atoms with van der Waals surface area (Å²) in [4.78, 5) is 9.92. The van der Waals surface area contributed by atoms with Gasteiger partial charge in [0, 0.05) is 50.5 Å². The summed E-state index contributed by atoms with van der Waals surface area (Å²) >= 11 is 7.93. The monoisotopic (exact) mass is 351 g/mol. The summed E-state index contributed by atoms with van der Waals surface area (Å²) in [5, 5.41) is 1.94. The molecule has 6 heteroatoms. The van der Waals surface area contributed by atoms with Gasteiger partial charge in [-0.1, -0.05) is 22.9 Å². The Labute approximate surface area is 146 Å². The number of hydrogen-bond acceptors (Lipinski definition) is 5. The van der Waals surface area contributed by atoms with E-state index >= 15 is 0 Å². The first kappa shape index (κ1) is 15.6. The number of nitrogens with zero attached hydrogens (tertiary/aromatic N) is 3. The number of aromatic nitrogens is 1. The lowest BCUT2D eigenvalue weighted by Crippen LogP contribution is -2.51. The summed E-state index contributed by atoms with van der Waals surface area (Å²) in [6.45, 7) is 8.29. The first-order chi connectivity index (χ1) is 11.2. The van der Waals surface area contributed by atoms with Crippen LogP contribution in [-0.4, -0.2) is 55.3 Å². The molecule has 3 heterocycles. The fourth-order valence-corrected chi connectivity index (χ4v) is 5.08. The molecule has 2 aliphatic rings. The molecule has 0 aliphatic carbocycles. The van der Waals surface area contributed by atoms with Gasteiger partial charge in [-0.3, -0.25) is 4.90 Å². The second kappa shape index (κ2) is 6.55. The van der Waals surface area contributed by atoms with Gasteiger partial charge in [-0.2, -0.15) is 0 Å². The molecule has 1 aromatic carbocycles. The highest BCUT2D eigenvalue weighted by Crippen LogP contribution is 2.33. The van der Waals surface area contributed by atoms with Crippen molar-refractivity contribution in [2.75, 3.05) is 44.3 Å². The van der Waals surface area contributed by atoms with E-state index in [1.165, 1.54) is 17.5 Å². The van der Waals surface area contributed by atoms with Gasteiger partial charge in [0.1, 0.15) is 0 Å². The van der Waals surface area contributed by atoms with Crippen molar-refractivity contribution >= 4 is 38.3 Å². The maximum absolute atomic E-state index is 6.17. The van der Waals surface area contributed by atoms with Crippen molar-refractivity contribution in [1.82, 2.24) is 9.88 Å². The summed E-state index contributed by atoms with van der Waals surface area (Å²) < 4.78 is 6.67. The van der Waals surface area contributed by atoms with Crippen LogP contribution < -0.4 is 4.90 Å². The average Bonchev–Trinajstić information content (AvgIpc) is 3.00. The Morgan fingerprint density at radius 1 is 1.17 bits per heavy atom. The van der Waals surface area contributed by atoms with E-state index in [1.807, 2.05) is 12.1 Å². The molecule has 4 nitrogen and oxygen atoms in total. The van der Waals surface area contributed by atoms with Gasteiger partial charge in [0.05, 0.1) is 10.2 Å². The van der Waals surface area contributed by atoms with E-state index in [9.17, 15) is 0 Å². The van der Waals surface area contributed by atoms with Crippen molar-refractivity contribution in [3.8, 4) is 0 Å². The van der Waals surface area contributed by atoms with Crippen LogP contribution in [0.25, 0.3) is 10.2 Å². The van der Waals surface area contributed by atoms with Gasteiger partial charge < -0.3 is 9.64 Å². The van der Waals surface area contributed by atoms with Gasteiger partial charge in [0.25, 0.3) is 0 Å². The number of ether oxygens (including phenoxy) is 1. The van der Waals surface area contributed by atoms with Crippen molar-refractivity contribution in [3.63, 3.8) is 0 Å². The van der Waals surface area contributed by atoms with Crippen LogP contribution in [0.2, 0.25) is 5.02 Å². The molecule has 2 fully saturated rings. The predicted molar refractivity (Wildman–Crippen MR) is 97.0 cm³/mol. The number of fused-ring (bicyclic) bond motifs is 1. The zero-order valence-electron chi connectivity index (χ0n) is 13.4. The zero-order valence-corrected chi connectivity index (χ0v) is 15.0. The van der Waals surface area contributed by atoms with Crippen molar-refractivity contribution in [2.24, 2.45) is 0 Å². The predicted octanol–water partition coefficient (Wildman–Crippen LogP) is 3.56. The molecule has 1 aromatic heterocycles. The highest BCUT2D eigenvalue weighted by Gasteiger charge is 2.26. The van der Waals surface area contributed by atoms with Crippen molar-refractivity contribution in [3.05, 3.63) is 22.7 Å². The normalized spacial score (nSPS) is 21.2. The topological polar surface area (TPSA) is 28.6 Å². The van der Waals surface area contributed by atoms with Crippen LogP contribution in [0.15, 0.2) is 12.1 Å². The number of piperazine rings is 1. The van der Waals surface area contributed by atoms with Gasteiger partial charge in [-0.25, -0.2) is 4.98 Å². The van der Waals surface area contributed by atoms with Crippen LogP contribution in [-0.2, 0) is 4.74 Å². The smallest absolute Gasteiger partial charge is 0.186 e. The Morgan fingerprint density at radius 2 is 1.91 bits per heavy atom. The van der Waals surface area contributed by atoms with Crippen LogP contribution in [0.1, 0.15) is 18.4 Å². The zero-order chi connectivity index (χ0) is 15.8. The minimum atomic E-state index is 0.710. The lowest BCUT2D eigenvalue weighted by atomic mass is 10.1. The van der Waals surface area contributed by atoms with E-state index in [1.54, 1.807) is 11.3 Å². The van der Waals surface area contributed by atoms with E-state index in [4.69, 9.17) is 21.3 Å². The Kier molecular flexibility index (Phi) is 4.46. The van der Waals surface area contributed by atoms with Crippen LogP contribution in [0, 0.1) is 6.92 Å². The average molecular weight is 352 g/mol. The molecule has 0 unspecified atom stereocenters. The van der Waals surface area contributed by atoms with E-state index in [0.717, 1.165) is 60.6 Å². The third-order valence-electron chi connectivity index (χ3n) is 4.93. The van der Waals surface area contributed by atoms with E-state index in [2.05, 4.69) is 16.7 Å². The van der Waals surface area contributed by atoms with E-state index in [0.29, 0.717) is 6.04 Å². The lowest BCUT2D eigenvalue weighted by Gasteiger charge is -2.40. The maximum atomic E-state index is 6.17. The molecule has 2 saturated heterocycles. The first-order valence-electron chi connectivity index (χ1n) is 8.34. The van der Waals surface area contributed by atoms with Gasteiger partial charge in [-0.15, -0.1) is 0 Å².